The molecular weight excluding hydrogens is 342 g/mol. The van der Waals surface area contributed by atoms with Crippen LogP contribution in [0.5, 0.6) is 0 Å². The van der Waals surface area contributed by atoms with Crippen LogP contribution < -0.4 is 5.32 Å². The molecular formula is C17H23N3O4S. The Morgan fingerprint density at radius 3 is 2.72 bits per heavy atom. The van der Waals surface area contributed by atoms with Crippen LogP contribution in [0.3, 0.4) is 0 Å². The number of carbonyl (C=O) groups is 1. The highest BCUT2D eigenvalue weighted by Crippen LogP contribution is 2.44. The van der Waals surface area contributed by atoms with Crippen LogP contribution in [-0.2, 0) is 17.6 Å². The Morgan fingerprint density at radius 2 is 2.08 bits per heavy atom. The third-order valence-electron chi connectivity index (χ3n) is 4.48. The van der Waals surface area contributed by atoms with Gasteiger partial charge in [0, 0.05) is 16.7 Å². The average Bonchev–Trinajstić information content (AvgIpc) is 3.09. The third kappa shape index (κ3) is 3.75. The van der Waals surface area contributed by atoms with E-state index in [9.17, 15) is 15.0 Å². The van der Waals surface area contributed by atoms with Crippen molar-refractivity contribution >= 4 is 22.2 Å². The average molecular weight is 365 g/mol. The molecule has 1 aliphatic rings. The Hall–Kier alpha value is -1.77. The number of rotatable bonds is 5. The van der Waals surface area contributed by atoms with Crippen LogP contribution in [0.1, 0.15) is 49.4 Å². The van der Waals surface area contributed by atoms with E-state index < -0.39 is 11.7 Å². The summed E-state index contributed by atoms with van der Waals surface area (Å²) < 4.78 is 5.35. The standard InChI is InChI=1S/C17H23N3O4S/c1-9-18-14(24-20-9)13-10-6-4-5-7-11(10)25-15(13)19-12(21)8-17(2,3)16(22)23/h16,22-23H,4-8H2,1-3H3,(H,19,21). The first-order valence-electron chi connectivity index (χ1n) is 8.39. The molecule has 0 unspecified atom stereocenters. The lowest BCUT2D eigenvalue weighted by Crippen LogP contribution is -2.33. The van der Waals surface area contributed by atoms with E-state index >= 15 is 0 Å². The highest BCUT2D eigenvalue weighted by Gasteiger charge is 2.31. The summed E-state index contributed by atoms with van der Waals surface area (Å²) >= 11 is 1.54. The quantitative estimate of drug-likeness (QED) is 0.703. The number of hydrogen-bond acceptors (Lipinski definition) is 7. The maximum absolute atomic E-state index is 12.4. The Kier molecular flexibility index (Phi) is 4.95. The van der Waals surface area contributed by atoms with Crippen molar-refractivity contribution in [2.75, 3.05) is 5.32 Å². The fourth-order valence-corrected chi connectivity index (χ4v) is 4.25. The summed E-state index contributed by atoms with van der Waals surface area (Å²) in [6.07, 6.45) is 2.58. The minimum Gasteiger partial charge on any atom is -0.368 e. The number of nitrogens with one attached hydrogen (secondary N) is 1. The van der Waals surface area contributed by atoms with Crippen LogP contribution in [-0.4, -0.2) is 32.6 Å². The lowest BCUT2D eigenvalue weighted by atomic mass is 9.88. The van der Waals surface area contributed by atoms with Gasteiger partial charge in [0.25, 0.3) is 5.89 Å². The van der Waals surface area contributed by atoms with E-state index in [0.717, 1.165) is 31.2 Å². The molecule has 8 heteroatoms. The summed E-state index contributed by atoms with van der Waals surface area (Å²) in [6.45, 7) is 5.03. The normalized spacial score (nSPS) is 14.6. The maximum Gasteiger partial charge on any atom is 0.261 e. The zero-order valence-electron chi connectivity index (χ0n) is 14.6. The molecule has 0 bridgehead atoms. The van der Waals surface area contributed by atoms with Gasteiger partial charge in [0.2, 0.25) is 5.91 Å². The molecule has 0 aromatic carbocycles. The van der Waals surface area contributed by atoms with Crippen molar-refractivity contribution in [2.24, 2.45) is 5.41 Å². The number of thiophene rings is 1. The smallest absolute Gasteiger partial charge is 0.261 e. The fourth-order valence-electron chi connectivity index (χ4n) is 2.95. The van der Waals surface area contributed by atoms with Gasteiger partial charge in [0.1, 0.15) is 5.00 Å². The van der Waals surface area contributed by atoms with E-state index in [4.69, 9.17) is 4.52 Å². The molecule has 0 saturated heterocycles. The highest BCUT2D eigenvalue weighted by molar-refractivity contribution is 7.17. The maximum atomic E-state index is 12.4. The van der Waals surface area contributed by atoms with Crippen molar-refractivity contribution < 1.29 is 19.5 Å². The molecule has 0 aliphatic heterocycles. The van der Waals surface area contributed by atoms with E-state index in [0.29, 0.717) is 16.7 Å². The number of aliphatic hydroxyl groups is 2. The Labute approximate surface area is 150 Å². The van der Waals surface area contributed by atoms with Crippen molar-refractivity contribution in [2.45, 2.75) is 59.2 Å². The Balaban J connectivity index is 1.91. The van der Waals surface area contributed by atoms with Gasteiger partial charge in [-0.05, 0) is 38.2 Å². The second-order valence-electron chi connectivity index (χ2n) is 7.15. The lowest BCUT2D eigenvalue weighted by Gasteiger charge is -2.25. The molecule has 1 amide bonds. The number of aromatic nitrogens is 2. The van der Waals surface area contributed by atoms with Gasteiger partial charge in [-0.1, -0.05) is 19.0 Å². The number of hydrogen-bond donors (Lipinski definition) is 3. The molecule has 2 aromatic rings. The van der Waals surface area contributed by atoms with Crippen molar-refractivity contribution in [3.8, 4) is 11.5 Å². The number of anilines is 1. The molecule has 3 N–H and O–H groups in total. The molecule has 7 nitrogen and oxygen atoms in total. The van der Waals surface area contributed by atoms with Gasteiger partial charge in [-0.25, -0.2) is 0 Å². The molecule has 0 fully saturated rings. The summed E-state index contributed by atoms with van der Waals surface area (Å²) in [5.41, 5.74) is 1.06. The van der Waals surface area contributed by atoms with E-state index in [2.05, 4.69) is 15.5 Å². The van der Waals surface area contributed by atoms with Gasteiger partial charge >= 0.3 is 0 Å². The molecule has 3 rings (SSSR count). The van der Waals surface area contributed by atoms with Crippen molar-refractivity contribution in [1.29, 1.82) is 0 Å². The molecule has 2 aromatic heterocycles. The van der Waals surface area contributed by atoms with Crippen LogP contribution in [0, 0.1) is 12.3 Å². The Morgan fingerprint density at radius 1 is 1.36 bits per heavy atom. The van der Waals surface area contributed by atoms with Gasteiger partial charge < -0.3 is 20.1 Å². The minimum absolute atomic E-state index is 0.00443. The third-order valence-corrected chi connectivity index (χ3v) is 5.69. The highest BCUT2D eigenvalue weighted by atomic mass is 32.1. The van der Waals surface area contributed by atoms with E-state index in [1.807, 2.05) is 0 Å². The summed E-state index contributed by atoms with van der Waals surface area (Å²) in [5, 5.41) is 26.3. The second-order valence-corrected chi connectivity index (χ2v) is 8.25. The van der Waals surface area contributed by atoms with Gasteiger partial charge in [-0.3, -0.25) is 4.79 Å². The fraction of sp³-hybridized carbons (Fsp3) is 0.588. The predicted molar refractivity (Wildman–Crippen MR) is 94.2 cm³/mol. The van der Waals surface area contributed by atoms with E-state index in [1.54, 1.807) is 32.1 Å². The first kappa shape index (κ1) is 18.0. The number of carbonyl (C=O) groups excluding carboxylic acids is 1. The molecule has 0 spiro atoms. The number of fused-ring (bicyclic) bond motifs is 1. The summed E-state index contributed by atoms with van der Waals surface area (Å²) in [4.78, 5) is 18.0. The molecule has 136 valence electrons. The zero-order chi connectivity index (χ0) is 18.2. The summed E-state index contributed by atoms with van der Waals surface area (Å²) in [7, 11) is 0. The minimum atomic E-state index is -1.56. The molecule has 1 aliphatic carbocycles. The van der Waals surface area contributed by atoms with Crippen molar-refractivity contribution in [3.05, 3.63) is 16.3 Å². The first-order chi connectivity index (χ1) is 11.8. The van der Waals surface area contributed by atoms with Gasteiger partial charge in [-0.2, -0.15) is 4.98 Å². The number of nitrogens with zero attached hydrogens (tertiary/aromatic N) is 2. The van der Waals surface area contributed by atoms with Crippen molar-refractivity contribution in [1.82, 2.24) is 10.1 Å². The molecule has 0 atom stereocenters. The lowest BCUT2D eigenvalue weighted by molar-refractivity contribution is -0.139. The molecule has 0 radical (unpaired) electrons. The largest absolute Gasteiger partial charge is 0.368 e. The van der Waals surface area contributed by atoms with Crippen LogP contribution in [0.4, 0.5) is 5.00 Å². The predicted octanol–water partition coefficient (Wildman–Crippen LogP) is 2.65. The van der Waals surface area contributed by atoms with Crippen LogP contribution >= 0.6 is 11.3 Å². The SMILES string of the molecule is Cc1noc(-c2c(NC(=O)CC(C)(C)C(O)O)sc3c2CCCC3)n1. The summed E-state index contributed by atoms with van der Waals surface area (Å²) in [5.74, 6) is 0.704. The van der Waals surface area contributed by atoms with Gasteiger partial charge in [0.15, 0.2) is 12.1 Å². The van der Waals surface area contributed by atoms with E-state index in [-0.39, 0.29) is 12.3 Å². The summed E-state index contributed by atoms with van der Waals surface area (Å²) in [6, 6.07) is 0. The zero-order valence-corrected chi connectivity index (χ0v) is 15.4. The van der Waals surface area contributed by atoms with Crippen molar-refractivity contribution in [3.63, 3.8) is 0 Å². The van der Waals surface area contributed by atoms with Crippen LogP contribution in [0.15, 0.2) is 4.52 Å². The number of amides is 1. The Bertz CT molecular complexity index is 779. The molecule has 0 saturated carbocycles. The second kappa shape index (κ2) is 6.86. The number of aliphatic hydroxyl groups excluding tert-OH is 1. The van der Waals surface area contributed by atoms with Gasteiger partial charge in [-0.15, -0.1) is 11.3 Å². The first-order valence-corrected chi connectivity index (χ1v) is 9.21. The monoisotopic (exact) mass is 365 g/mol. The molecule has 2 heterocycles. The van der Waals surface area contributed by atoms with Crippen LogP contribution in [0.2, 0.25) is 0 Å². The van der Waals surface area contributed by atoms with Crippen LogP contribution in [0.25, 0.3) is 11.5 Å². The number of aryl methyl sites for hydroxylation is 2. The molecule has 25 heavy (non-hydrogen) atoms. The van der Waals surface area contributed by atoms with E-state index in [1.165, 1.54) is 10.4 Å². The van der Waals surface area contributed by atoms with Gasteiger partial charge in [0.05, 0.1) is 5.56 Å². The topological polar surface area (TPSA) is 108 Å².